The van der Waals surface area contributed by atoms with Gasteiger partial charge >= 0.3 is 5.97 Å². The zero-order valence-corrected chi connectivity index (χ0v) is 18.0. The first kappa shape index (κ1) is 22.7. The molecule has 0 atom stereocenters. The monoisotopic (exact) mass is 421 g/mol. The van der Waals surface area contributed by atoms with E-state index in [-0.39, 0.29) is 18.4 Å². The van der Waals surface area contributed by atoms with Crippen molar-refractivity contribution in [1.82, 2.24) is 4.90 Å². The molecule has 0 spiro atoms. The minimum absolute atomic E-state index is 0. The number of carbonyl (C=O) groups is 1. The van der Waals surface area contributed by atoms with Crippen molar-refractivity contribution in [2.24, 2.45) is 0 Å². The van der Waals surface area contributed by atoms with E-state index in [9.17, 15) is 4.79 Å². The molecule has 0 unspecified atom stereocenters. The molecule has 0 saturated carbocycles. The summed E-state index contributed by atoms with van der Waals surface area (Å²) in [5, 5.41) is 0.853. The van der Waals surface area contributed by atoms with Crippen LogP contribution in [0.25, 0.3) is 0 Å². The Bertz CT molecular complexity index is 743. The number of aryl methyl sites for hydroxylation is 1. The molecule has 2 aromatic rings. The van der Waals surface area contributed by atoms with Crippen LogP contribution in [0.15, 0.2) is 54.6 Å². The molecule has 3 nitrogen and oxygen atoms in total. The average molecular weight is 422 g/mol. The lowest BCUT2D eigenvalue weighted by Gasteiger charge is -2.41. The summed E-state index contributed by atoms with van der Waals surface area (Å²) in [7, 11) is 0. The number of benzene rings is 2. The van der Waals surface area contributed by atoms with Crippen LogP contribution in [0.2, 0.25) is 5.02 Å². The van der Waals surface area contributed by atoms with Crippen molar-refractivity contribution in [1.29, 1.82) is 0 Å². The van der Waals surface area contributed by atoms with Crippen molar-refractivity contribution in [3.63, 3.8) is 0 Å². The number of likely N-dealkylation sites (tertiary alicyclic amines) is 1. The van der Waals surface area contributed by atoms with Gasteiger partial charge in [-0.3, -0.25) is 4.79 Å². The van der Waals surface area contributed by atoms with Gasteiger partial charge in [0, 0.05) is 37.4 Å². The number of rotatable bonds is 7. The molecule has 0 radical (unpaired) electrons. The molecule has 0 N–H and O–H groups in total. The molecule has 0 amide bonds. The van der Waals surface area contributed by atoms with Gasteiger partial charge in [-0.1, -0.05) is 67.1 Å². The molecule has 1 saturated heterocycles. The molecule has 1 fully saturated rings. The van der Waals surface area contributed by atoms with Gasteiger partial charge in [-0.25, -0.2) is 0 Å². The number of piperidine rings is 1. The SMILES string of the molecule is CCC(=O)OC1(c2ccccc2)CCN(CCCc2ccccc2Cl)CC1.Cl. The quantitative estimate of drug-likeness (QED) is 0.541. The van der Waals surface area contributed by atoms with Crippen LogP contribution >= 0.6 is 24.0 Å². The van der Waals surface area contributed by atoms with E-state index in [4.69, 9.17) is 16.3 Å². The van der Waals surface area contributed by atoms with Crippen LogP contribution in [0.5, 0.6) is 0 Å². The van der Waals surface area contributed by atoms with Gasteiger partial charge in [-0.2, -0.15) is 0 Å². The number of nitrogens with zero attached hydrogens (tertiary/aromatic N) is 1. The molecule has 1 aliphatic rings. The highest BCUT2D eigenvalue weighted by Crippen LogP contribution is 2.37. The first-order valence-corrected chi connectivity index (χ1v) is 10.2. The van der Waals surface area contributed by atoms with Crippen LogP contribution in [0.4, 0.5) is 0 Å². The summed E-state index contributed by atoms with van der Waals surface area (Å²) in [5.74, 6) is -0.119. The largest absolute Gasteiger partial charge is 0.454 e. The zero-order valence-electron chi connectivity index (χ0n) is 16.4. The second kappa shape index (κ2) is 10.8. The third kappa shape index (κ3) is 5.73. The summed E-state index contributed by atoms with van der Waals surface area (Å²) < 4.78 is 5.97. The Balaban J connectivity index is 0.00000280. The van der Waals surface area contributed by atoms with Crippen LogP contribution in [0.3, 0.4) is 0 Å². The standard InChI is InChI=1S/C23H28ClNO2.ClH/c1-2-22(26)27-23(20-11-4-3-5-12-20)14-17-25(18-15-23)16-8-10-19-9-6-7-13-21(19)24;/h3-7,9,11-13H,2,8,10,14-18H2,1H3;1H. The topological polar surface area (TPSA) is 29.5 Å². The van der Waals surface area contributed by atoms with E-state index in [1.54, 1.807) is 0 Å². The third-order valence-electron chi connectivity index (χ3n) is 5.44. The lowest BCUT2D eigenvalue weighted by molar-refractivity contribution is -0.166. The molecule has 1 heterocycles. The van der Waals surface area contributed by atoms with Gasteiger partial charge in [0.2, 0.25) is 0 Å². The number of esters is 1. The van der Waals surface area contributed by atoms with Crippen molar-refractivity contribution >= 4 is 30.0 Å². The van der Waals surface area contributed by atoms with Crippen LogP contribution in [-0.2, 0) is 21.6 Å². The molecule has 2 aromatic carbocycles. The van der Waals surface area contributed by atoms with Gasteiger partial charge in [-0.05, 0) is 36.6 Å². The first-order valence-electron chi connectivity index (χ1n) is 9.86. The normalized spacial score (nSPS) is 16.2. The maximum absolute atomic E-state index is 12.1. The number of ether oxygens (including phenoxy) is 1. The van der Waals surface area contributed by atoms with E-state index in [0.29, 0.717) is 6.42 Å². The Hall–Kier alpha value is -1.55. The highest BCUT2D eigenvalue weighted by molar-refractivity contribution is 6.31. The average Bonchev–Trinajstić information content (AvgIpc) is 2.71. The molecular formula is C23H29Cl2NO2. The maximum atomic E-state index is 12.1. The molecule has 28 heavy (non-hydrogen) atoms. The van der Waals surface area contributed by atoms with Crippen molar-refractivity contribution in [3.05, 3.63) is 70.7 Å². The number of halogens is 2. The summed E-state index contributed by atoms with van der Waals surface area (Å²) in [6, 6.07) is 18.3. The fourth-order valence-electron chi connectivity index (χ4n) is 3.81. The third-order valence-corrected chi connectivity index (χ3v) is 5.81. The summed E-state index contributed by atoms with van der Waals surface area (Å²) in [6.07, 6.45) is 4.17. The van der Waals surface area contributed by atoms with Crippen molar-refractivity contribution in [3.8, 4) is 0 Å². The fourth-order valence-corrected chi connectivity index (χ4v) is 4.04. The summed E-state index contributed by atoms with van der Waals surface area (Å²) in [6.45, 7) is 4.77. The Labute approximate surface area is 179 Å². The van der Waals surface area contributed by atoms with Crippen molar-refractivity contribution in [2.45, 2.75) is 44.6 Å². The van der Waals surface area contributed by atoms with E-state index in [1.165, 1.54) is 5.56 Å². The van der Waals surface area contributed by atoms with Gasteiger partial charge < -0.3 is 9.64 Å². The smallest absolute Gasteiger partial charge is 0.306 e. The van der Waals surface area contributed by atoms with E-state index in [0.717, 1.165) is 55.9 Å². The molecular weight excluding hydrogens is 393 g/mol. The Morgan fingerprint density at radius 2 is 1.71 bits per heavy atom. The number of hydrogen-bond donors (Lipinski definition) is 0. The minimum Gasteiger partial charge on any atom is -0.454 e. The molecule has 5 heteroatoms. The second-order valence-electron chi connectivity index (χ2n) is 7.22. The maximum Gasteiger partial charge on any atom is 0.306 e. The molecule has 0 bridgehead atoms. The first-order chi connectivity index (χ1) is 13.1. The second-order valence-corrected chi connectivity index (χ2v) is 7.63. The summed E-state index contributed by atoms with van der Waals surface area (Å²) >= 11 is 6.25. The van der Waals surface area contributed by atoms with Gasteiger partial charge in [0.05, 0.1) is 0 Å². The van der Waals surface area contributed by atoms with Crippen molar-refractivity contribution < 1.29 is 9.53 Å². The Morgan fingerprint density at radius 3 is 2.36 bits per heavy atom. The Kier molecular flexibility index (Phi) is 8.81. The number of hydrogen-bond acceptors (Lipinski definition) is 3. The molecule has 152 valence electrons. The lowest BCUT2D eigenvalue weighted by Crippen LogP contribution is -2.45. The van der Waals surface area contributed by atoms with E-state index >= 15 is 0 Å². The summed E-state index contributed by atoms with van der Waals surface area (Å²) in [5.41, 5.74) is 1.85. The lowest BCUT2D eigenvalue weighted by atomic mass is 9.84. The molecule has 0 aliphatic carbocycles. The predicted molar refractivity (Wildman–Crippen MR) is 117 cm³/mol. The van der Waals surface area contributed by atoms with Crippen LogP contribution in [0.1, 0.15) is 43.7 Å². The van der Waals surface area contributed by atoms with E-state index in [2.05, 4.69) is 23.1 Å². The van der Waals surface area contributed by atoms with Gasteiger partial charge in [-0.15, -0.1) is 12.4 Å². The van der Waals surface area contributed by atoms with Crippen LogP contribution in [-0.4, -0.2) is 30.5 Å². The van der Waals surface area contributed by atoms with Gasteiger partial charge in [0.1, 0.15) is 5.60 Å². The molecule has 3 rings (SSSR count). The van der Waals surface area contributed by atoms with E-state index < -0.39 is 5.60 Å². The minimum atomic E-state index is -0.479. The van der Waals surface area contributed by atoms with Gasteiger partial charge in [0.15, 0.2) is 0 Å². The molecule has 1 aliphatic heterocycles. The van der Waals surface area contributed by atoms with Crippen molar-refractivity contribution in [2.75, 3.05) is 19.6 Å². The Morgan fingerprint density at radius 1 is 1.07 bits per heavy atom. The van der Waals surface area contributed by atoms with E-state index in [1.807, 2.05) is 43.3 Å². The fraction of sp³-hybridized carbons (Fsp3) is 0.435. The highest BCUT2D eigenvalue weighted by Gasteiger charge is 2.39. The molecule has 0 aromatic heterocycles. The number of carbonyl (C=O) groups excluding carboxylic acids is 1. The summed E-state index contributed by atoms with van der Waals surface area (Å²) in [4.78, 5) is 14.5. The van der Waals surface area contributed by atoms with Crippen LogP contribution < -0.4 is 0 Å². The highest BCUT2D eigenvalue weighted by atomic mass is 35.5. The van der Waals surface area contributed by atoms with Gasteiger partial charge in [0.25, 0.3) is 0 Å². The predicted octanol–water partition coefficient (Wildman–Crippen LogP) is 5.64. The van der Waals surface area contributed by atoms with Crippen LogP contribution in [0, 0.1) is 0 Å². The zero-order chi connectivity index (χ0) is 19.1.